The van der Waals surface area contributed by atoms with Gasteiger partial charge >= 0.3 is 5.97 Å². The Hall–Kier alpha value is -1.92. The fourth-order valence-electron chi connectivity index (χ4n) is 3.59. The molecule has 1 atom stereocenters. The smallest absolute Gasteiger partial charge is 0.319 e. The monoisotopic (exact) mass is 345 g/mol. The summed E-state index contributed by atoms with van der Waals surface area (Å²) in [7, 11) is 1.40. The van der Waals surface area contributed by atoms with Crippen LogP contribution < -0.4 is 5.32 Å². The maximum Gasteiger partial charge on any atom is 0.319 e. The summed E-state index contributed by atoms with van der Waals surface area (Å²) in [6.07, 6.45) is 2.24. The molecule has 1 aromatic rings. The lowest BCUT2D eigenvalue weighted by atomic mass is 9.97. The third kappa shape index (κ3) is 4.80. The standard InChI is InChI=1S/C19H27N3O3/c1-25-18(23)14-21-7-9-22(10-8-21)19(24)17-4-2-3-15(12-17)11-16-5-6-20-13-16/h2-4,12,16,20H,5-11,13-14H2,1H3. The first-order valence-corrected chi connectivity index (χ1v) is 9.04. The van der Waals surface area contributed by atoms with Crippen molar-refractivity contribution in [2.24, 2.45) is 5.92 Å². The van der Waals surface area contributed by atoms with Gasteiger partial charge in [-0.25, -0.2) is 0 Å². The van der Waals surface area contributed by atoms with Crippen LogP contribution in [0.3, 0.4) is 0 Å². The first-order valence-electron chi connectivity index (χ1n) is 9.04. The van der Waals surface area contributed by atoms with Gasteiger partial charge in [-0.2, -0.15) is 0 Å². The van der Waals surface area contributed by atoms with Crippen molar-refractivity contribution >= 4 is 11.9 Å². The number of benzene rings is 1. The molecule has 0 aliphatic carbocycles. The van der Waals surface area contributed by atoms with Crippen molar-refractivity contribution < 1.29 is 14.3 Å². The van der Waals surface area contributed by atoms with Gasteiger partial charge in [-0.05, 0) is 49.5 Å². The van der Waals surface area contributed by atoms with E-state index in [0.29, 0.717) is 38.6 Å². The van der Waals surface area contributed by atoms with Gasteiger partial charge in [0.2, 0.25) is 0 Å². The van der Waals surface area contributed by atoms with Crippen molar-refractivity contribution in [3.63, 3.8) is 0 Å². The van der Waals surface area contributed by atoms with Crippen LogP contribution in [0.25, 0.3) is 0 Å². The van der Waals surface area contributed by atoms with Gasteiger partial charge in [0.25, 0.3) is 5.91 Å². The number of esters is 1. The van der Waals surface area contributed by atoms with E-state index in [0.717, 1.165) is 25.1 Å². The molecule has 0 saturated carbocycles. The van der Waals surface area contributed by atoms with Gasteiger partial charge in [0.15, 0.2) is 0 Å². The number of hydrogen-bond acceptors (Lipinski definition) is 5. The average Bonchev–Trinajstić information content (AvgIpc) is 3.15. The van der Waals surface area contributed by atoms with Gasteiger partial charge in [0.05, 0.1) is 13.7 Å². The van der Waals surface area contributed by atoms with Crippen molar-refractivity contribution in [1.82, 2.24) is 15.1 Å². The maximum atomic E-state index is 12.8. The molecular weight excluding hydrogens is 318 g/mol. The van der Waals surface area contributed by atoms with Crippen molar-refractivity contribution in [2.45, 2.75) is 12.8 Å². The number of methoxy groups -OCH3 is 1. The van der Waals surface area contributed by atoms with E-state index in [1.165, 1.54) is 19.1 Å². The van der Waals surface area contributed by atoms with Gasteiger partial charge in [-0.3, -0.25) is 14.5 Å². The molecule has 2 heterocycles. The summed E-state index contributed by atoms with van der Waals surface area (Å²) in [6.45, 7) is 5.16. The molecule has 1 amide bonds. The predicted molar refractivity (Wildman–Crippen MR) is 95.5 cm³/mol. The van der Waals surface area contributed by atoms with Crippen LogP contribution >= 0.6 is 0 Å². The van der Waals surface area contributed by atoms with Crippen LogP contribution in [0.2, 0.25) is 0 Å². The van der Waals surface area contributed by atoms with Gasteiger partial charge < -0.3 is 15.0 Å². The molecule has 3 rings (SSSR count). The highest BCUT2D eigenvalue weighted by Crippen LogP contribution is 2.17. The number of nitrogens with zero attached hydrogens (tertiary/aromatic N) is 2. The Labute approximate surface area is 149 Å². The second-order valence-corrected chi connectivity index (χ2v) is 6.91. The zero-order chi connectivity index (χ0) is 17.6. The zero-order valence-electron chi connectivity index (χ0n) is 14.9. The van der Waals surface area contributed by atoms with Gasteiger partial charge in [-0.15, -0.1) is 0 Å². The van der Waals surface area contributed by atoms with Gasteiger partial charge in [0.1, 0.15) is 0 Å². The summed E-state index contributed by atoms with van der Waals surface area (Å²) in [5, 5.41) is 3.39. The Balaban J connectivity index is 1.55. The first kappa shape index (κ1) is 17.9. The average molecular weight is 345 g/mol. The Morgan fingerprint density at radius 1 is 1.24 bits per heavy atom. The van der Waals surface area contributed by atoms with Crippen LogP contribution in [0.15, 0.2) is 24.3 Å². The van der Waals surface area contributed by atoms with E-state index in [1.54, 1.807) is 0 Å². The van der Waals surface area contributed by atoms with E-state index in [9.17, 15) is 9.59 Å². The molecule has 0 spiro atoms. The van der Waals surface area contributed by atoms with Crippen molar-refractivity contribution in [3.05, 3.63) is 35.4 Å². The third-order valence-electron chi connectivity index (χ3n) is 5.10. The fourth-order valence-corrected chi connectivity index (χ4v) is 3.59. The summed E-state index contributed by atoms with van der Waals surface area (Å²) in [5.74, 6) is 0.533. The van der Waals surface area contributed by atoms with Crippen LogP contribution in [0.1, 0.15) is 22.3 Å². The van der Waals surface area contributed by atoms with Crippen LogP contribution in [-0.4, -0.2) is 74.6 Å². The maximum absolute atomic E-state index is 12.8. The Morgan fingerprint density at radius 2 is 2.04 bits per heavy atom. The second kappa shape index (κ2) is 8.45. The summed E-state index contributed by atoms with van der Waals surface area (Å²) in [5.41, 5.74) is 2.01. The van der Waals surface area contributed by atoms with E-state index in [4.69, 9.17) is 4.74 Å². The molecular formula is C19H27N3O3. The molecule has 2 aliphatic heterocycles. The number of carbonyl (C=O) groups excluding carboxylic acids is 2. The predicted octanol–water partition coefficient (Wildman–Crippen LogP) is 0.769. The zero-order valence-corrected chi connectivity index (χ0v) is 14.9. The minimum Gasteiger partial charge on any atom is -0.468 e. The molecule has 2 fully saturated rings. The number of hydrogen-bond donors (Lipinski definition) is 1. The van der Waals surface area contributed by atoms with E-state index >= 15 is 0 Å². The SMILES string of the molecule is COC(=O)CN1CCN(C(=O)c2cccc(CC3CCNC3)c2)CC1. The van der Waals surface area contributed by atoms with E-state index in [-0.39, 0.29) is 11.9 Å². The molecule has 1 N–H and O–H groups in total. The first-order chi connectivity index (χ1) is 12.2. The topological polar surface area (TPSA) is 61.9 Å². The molecule has 0 radical (unpaired) electrons. The summed E-state index contributed by atoms with van der Waals surface area (Å²) >= 11 is 0. The lowest BCUT2D eigenvalue weighted by Gasteiger charge is -2.34. The van der Waals surface area contributed by atoms with E-state index < -0.39 is 0 Å². The second-order valence-electron chi connectivity index (χ2n) is 6.91. The summed E-state index contributed by atoms with van der Waals surface area (Å²) < 4.78 is 4.70. The van der Waals surface area contributed by atoms with Crippen LogP contribution in [0.4, 0.5) is 0 Å². The number of amides is 1. The van der Waals surface area contributed by atoms with Crippen molar-refractivity contribution in [3.8, 4) is 0 Å². The summed E-state index contributed by atoms with van der Waals surface area (Å²) in [4.78, 5) is 28.0. The normalized spacial score (nSPS) is 21.3. The third-order valence-corrected chi connectivity index (χ3v) is 5.10. The molecule has 1 unspecified atom stereocenters. The number of nitrogens with one attached hydrogen (secondary N) is 1. The number of ether oxygens (including phenoxy) is 1. The Morgan fingerprint density at radius 3 is 2.72 bits per heavy atom. The lowest BCUT2D eigenvalue weighted by molar-refractivity contribution is -0.142. The molecule has 1 aromatic carbocycles. The minimum atomic E-state index is -0.228. The molecule has 0 aromatic heterocycles. The molecule has 0 bridgehead atoms. The molecule has 6 heteroatoms. The van der Waals surface area contributed by atoms with Crippen molar-refractivity contribution in [1.29, 1.82) is 0 Å². The highest BCUT2D eigenvalue weighted by molar-refractivity contribution is 5.94. The van der Waals surface area contributed by atoms with Gasteiger partial charge in [0, 0.05) is 31.7 Å². The molecule has 2 saturated heterocycles. The highest BCUT2D eigenvalue weighted by atomic mass is 16.5. The van der Waals surface area contributed by atoms with Gasteiger partial charge in [-0.1, -0.05) is 12.1 Å². The van der Waals surface area contributed by atoms with Crippen LogP contribution in [0, 0.1) is 5.92 Å². The molecule has 6 nitrogen and oxygen atoms in total. The highest BCUT2D eigenvalue weighted by Gasteiger charge is 2.24. The largest absolute Gasteiger partial charge is 0.468 e. The van der Waals surface area contributed by atoms with Crippen LogP contribution in [-0.2, 0) is 16.0 Å². The number of piperazine rings is 1. The quantitative estimate of drug-likeness (QED) is 0.799. The molecule has 2 aliphatic rings. The van der Waals surface area contributed by atoms with Crippen molar-refractivity contribution in [2.75, 3.05) is 52.9 Å². The summed E-state index contributed by atoms with van der Waals surface area (Å²) in [6, 6.07) is 8.04. The molecule has 25 heavy (non-hydrogen) atoms. The lowest BCUT2D eigenvalue weighted by Crippen LogP contribution is -2.50. The number of rotatable bonds is 5. The number of carbonyl (C=O) groups is 2. The minimum absolute atomic E-state index is 0.0871. The van der Waals surface area contributed by atoms with Crippen LogP contribution in [0.5, 0.6) is 0 Å². The molecule has 136 valence electrons. The van der Waals surface area contributed by atoms with E-state index in [1.807, 2.05) is 28.0 Å². The fraction of sp³-hybridized carbons (Fsp3) is 0.579. The Bertz CT molecular complexity index is 606. The Kier molecular flexibility index (Phi) is 6.04. The van der Waals surface area contributed by atoms with E-state index in [2.05, 4.69) is 11.4 Å².